The third-order valence-electron chi connectivity index (χ3n) is 6.29. The lowest BCUT2D eigenvalue weighted by Gasteiger charge is -2.27. The van der Waals surface area contributed by atoms with E-state index < -0.39 is 0 Å². The summed E-state index contributed by atoms with van der Waals surface area (Å²) in [6, 6.07) is 0. The number of hydrogen-bond acceptors (Lipinski definition) is 7. The maximum atomic E-state index is 10.3. The number of imidazole rings is 1. The molecule has 1 fully saturated rings. The molecule has 30 heavy (non-hydrogen) atoms. The van der Waals surface area contributed by atoms with E-state index in [4.69, 9.17) is 9.72 Å². The molecular formula is C22H35N5O3. The zero-order valence-corrected chi connectivity index (χ0v) is 18.0. The van der Waals surface area contributed by atoms with Crippen molar-refractivity contribution in [2.45, 2.75) is 39.2 Å². The van der Waals surface area contributed by atoms with Gasteiger partial charge in [0.25, 0.3) is 0 Å². The lowest BCUT2D eigenvalue weighted by molar-refractivity contribution is 0.0378. The first-order valence-electron chi connectivity index (χ1n) is 11.2. The molecule has 3 heterocycles. The van der Waals surface area contributed by atoms with Crippen molar-refractivity contribution in [3.63, 3.8) is 0 Å². The molecule has 0 bridgehead atoms. The minimum atomic E-state index is -0.274. The number of aromatic nitrogens is 2. The van der Waals surface area contributed by atoms with Gasteiger partial charge in [0.1, 0.15) is 5.76 Å². The van der Waals surface area contributed by atoms with Crippen LogP contribution in [-0.4, -0.2) is 77.2 Å². The molecule has 166 valence electrons. The number of fused-ring (bicyclic) bond motifs is 1. The van der Waals surface area contributed by atoms with E-state index in [1.54, 1.807) is 0 Å². The van der Waals surface area contributed by atoms with E-state index in [9.17, 15) is 10.2 Å². The van der Waals surface area contributed by atoms with Gasteiger partial charge in [0.05, 0.1) is 43.5 Å². The van der Waals surface area contributed by atoms with Crippen molar-refractivity contribution in [2.24, 2.45) is 5.41 Å². The van der Waals surface area contributed by atoms with Crippen LogP contribution in [0, 0.1) is 5.41 Å². The van der Waals surface area contributed by atoms with Crippen molar-refractivity contribution >= 4 is 12.0 Å². The first-order chi connectivity index (χ1) is 14.6. The predicted molar refractivity (Wildman–Crippen MR) is 117 cm³/mol. The normalized spacial score (nSPS) is 24.6. The van der Waals surface area contributed by atoms with Gasteiger partial charge in [-0.05, 0) is 25.5 Å². The van der Waals surface area contributed by atoms with E-state index in [-0.39, 0.29) is 12.0 Å². The second kappa shape index (κ2) is 9.41. The summed E-state index contributed by atoms with van der Waals surface area (Å²) >= 11 is 0. The number of hydrogen-bond donors (Lipinski definition) is 4. The standard InChI is InChI=1S/C22H35N5O3/c1-22(16-28)6-5-19-17(14-22)25-21(24-8-3-9-26-10-12-30-13-11-26)27(19)15-18-20(29)4-2-7-23-18/h5-6,23,28-29H,2-4,7-16H2,1H3,(H,24,25). The molecule has 2 aliphatic heterocycles. The maximum Gasteiger partial charge on any atom is 0.203 e. The van der Waals surface area contributed by atoms with Crippen LogP contribution in [0.1, 0.15) is 37.6 Å². The van der Waals surface area contributed by atoms with Crippen LogP contribution in [0.15, 0.2) is 17.5 Å². The Labute approximate surface area is 178 Å². The predicted octanol–water partition coefficient (Wildman–Crippen LogP) is 1.74. The molecule has 1 aromatic heterocycles. The fourth-order valence-electron chi connectivity index (χ4n) is 4.34. The maximum absolute atomic E-state index is 10.3. The Hall–Kier alpha value is -2.03. The van der Waals surface area contributed by atoms with Gasteiger partial charge in [0.15, 0.2) is 0 Å². The second-order valence-corrected chi connectivity index (χ2v) is 8.87. The van der Waals surface area contributed by atoms with Crippen LogP contribution in [0.5, 0.6) is 0 Å². The van der Waals surface area contributed by atoms with E-state index in [0.717, 1.165) is 88.2 Å². The van der Waals surface area contributed by atoms with Gasteiger partial charge in [-0.25, -0.2) is 4.98 Å². The van der Waals surface area contributed by atoms with E-state index >= 15 is 0 Å². The molecule has 4 N–H and O–H groups in total. The molecule has 0 spiro atoms. The average molecular weight is 418 g/mol. The summed E-state index contributed by atoms with van der Waals surface area (Å²) in [5.74, 6) is 1.28. The number of allylic oxidation sites excluding steroid dienone is 2. The van der Waals surface area contributed by atoms with Gasteiger partial charge < -0.3 is 30.2 Å². The molecule has 1 aromatic rings. The molecule has 0 radical (unpaired) electrons. The summed E-state index contributed by atoms with van der Waals surface area (Å²) in [6.07, 6.45) is 7.58. The average Bonchev–Trinajstić information content (AvgIpc) is 3.09. The summed E-state index contributed by atoms with van der Waals surface area (Å²) in [7, 11) is 0. The zero-order valence-electron chi connectivity index (χ0n) is 18.0. The molecule has 0 saturated carbocycles. The van der Waals surface area contributed by atoms with Gasteiger partial charge >= 0.3 is 0 Å². The van der Waals surface area contributed by atoms with Crippen LogP contribution in [0.3, 0.4) is 0 Å². The highest BCUT2D eigenvalue weighted by atomic mass is 16.5. The van der Waals surface area contributed by atoms with Crippen molar-refractivity contribution < 1.29 is 14.9 Å². The summed E-state index contributed by atoms with van der Waals surface area (Å²) in [5.41, 5.74) is 2.66. The Morgan fingerprint density at radius 1 is 1.33 bits per heavy atom. The van der Waals surface area contributed by atoms with Gasteiger partial charge in [-0.2, -0.15) is 0 Å². The minimum Gasteiger partial charge on any atom is -0.510 e. The number of nitrogens with zero attached hydrogens (tertiary/aromatic N) is 3. The van der Waals surface area contributed by atoms with Crippen LogP contribution in [-0.2, 0) is 17.7 Å². The molecule has 8 nitrogen and oxygen atoms in total. The number of rotatable bonds is 8. The van der Waals surface area contributed by atoms with Crippen LogP contribution in [0.25, 0.3) is 6.08 Å². The summed E-state index contributed by atoms with van der Waals surface area (Å²) < 4.78 is 7.57. The molecule has 1 unspecified atom stereocenters. The first-order valence-corrected chi connectivity index (χ1v) is 11.2. The van der Waals surface area contributed by atoms with Crippen molar-refractivity contribution in [3.05, 3.63) is 28.9 Å². The molecule has 1 aliphatic carbocycles. The largest absolute Gasteiger partial charge is 0.510 e. The number of ether oxygens (including phenoxy) is 1. The van der Waals surface area contributed by atoms with Gasteiger partial charge in [0, 0.05) is 44.4 Å². The topological polar surface area (TPSA) is 94.8 Å². The van der Waals surface area contributed by atoms with Crippen LogP contribution < -0.4 is 10.6 Å². The Morgan fingerprint density at radius 3 is 2.93 bits per heavy atom. The van der Waals surface area contributed by atoms with Crippen LogP contribution in [0.4, 0.5) is 5.95 Å². The van der Waals surface area contributed by atoms with E-state index in [1.807, 2.05) is 0 Å². The number of morpholine rings is 1. The van der Waals surface area contributed by atoms with Gasteiger partial charge in [-0.15, -0.1) is 0 Å². The van der Waals surface area contributed by atoms with Crippen molar-refractivity contribution in [3.8, 4) is 0 Å². The molecule has 0 aromatic carbocycles. The molecule has 1 atom stereocenters. The number of anilines is 1. The smallest absolute Gasteiger partial charge is 0.203 e. The molecule has 4 rings (SSSR count). The van der Waals surface area contributed by atoms with Crippen LogP contribution >= 0.6 is 0 Å². The van der Waals surface area contributed by atoms with Crippen molar-refractivity contribution in [1.82, 2.24) is 19.8 Å². The zero-order chi connectivity index (χ0) is 21.0. The summed E-state index contributed by atoms with van der Waals surface area (Å²) in [6.45, 7) is 9.16. The lowest BCUT2D eigenvalue weighted by Crippen LogP contribution is -2.37. The SMILES string of the molecule is CC1(CO)C=Cc2c(nc(NCCCN3CCOCC3)n2CC2=C(O)CCCN2)C1. The fraction of sp³-hybridized carbons (Fsp3) is 0.682. The van der Waals surface area contributed by atoms with Gasteiger partial charge in [-0.1, -0.05) is 13.0 Å². The molecule has 8 heteroatoms. The van der Waals surface area contributed by atoms with E-state index in [2.05, 4.69) is 39.2 Å². The third-order valence-corrected chi connectivity index (χ3v) is 6.29. The second-order valence-electron chi connectivity index (χ2n) is 8.87. The number of aliphatic hydroxyl groups is 2. The van der Waals surface area contributed by atoms with Gasteiger partial charge in [-0.3, -0.25) is 4.90 Å². The Bertz CT molecular complexity index is 797. The highest BCUT2D eigenvalue weighted by molar-refractivity contribution is 5.57. The Kier molecular flexibility index (Phi) is 6.65. The minimum absolute atomic E-state index is 0.103. The Balaban J connectivity index is 1.48. The molecule has 1 saturated heterocycles. The number of nitrogens with one attached hydrogen (secondary N) is 2. The molecule has 0 amide bonds. The quantitative estimate of drug-likeness (QED) is 0.479. The lowest BCUT2D eigenvalue weighted by atomic mass is 9.82. The highest BCUT2D eigenvalue weighted by Crippen LogP contribution is 2.34. The van der Waals surface area contributed by atoms with E-state index in [0.29, 0.717) is 18.7 Å². The molecule has 3 aliphatic rings. The van der Waals surface area contributed by atoms with Crippen molar-refractivity contribution in [2.75, 3.05) is 57.9 Å². The van der Waals surface area contributed by atoms with Crippen molar-refractivity contribution in [1.29, 1.82) is 0 Å². The molecular weight excluding hydrogens is 382 g/mol. The summed E-state index contributed by atoms with van der Waals surface area (Å²) in [4.78, 5) is 7.33. The van der Waals surface area contributed by atoms with E-state index in [1.165, 1.54) is 0 Å². The monoisotopic (exact) mass is 417 g/mol. The Morgan fingerprint density at radius 2 is 2.17 bits per heavy atom. The third kappa shape index (κ3) is 4.82. The highest BCUT2D eigenvalue weighted by Gasteiger charge is 2.30. The van der Waals surface area contributed by atoms with Crippen LogP contribution in [0.2, 0.25) is 0 Å². The fourth-order valence-corrected chi connectivity index (χ4v) is 4.34. The number of aliphatic hydroxyl groups excluding tert-OH is 2. The van der Waals surface area contributed by atoms with Gasteiger partial charge in [0.2, 0.25) is 5.95 Å². The first kappa shape index (κ1) is 21.2. The summed E-state index contributed by atoms with van der Waals surface area (Å²) in [5, 5.41) is 27.0.